The number of carbonyl (C=O) groups is 1. The Morgan fingerprint density at radius 2 is 1.93 bits per heavy atom. The summed E-state index contributed by atoms with van der Waals surface area (Å²) in [5.41, 5.74) is 0.846. The average molecular weight is 236 g/mol. The monoisotopic (exact) mass is 235 g/mol. The summed E-state index contributed by atoms with van der Waals surface area (Å²) in [5.74, 6) is -1.05. The molecule has 0 fully saturated rings. The van der Waals surface area contributed by atoms with Gasteiger partial charge in [-0.3, -0.25) is 4.79 Å². The van der Waals surface area contributed by atoms with Crippen molar-refractivity contribution in [3.63, 3.8) is 0 Å². The molecule has 1 aromatic carbocycles. The van der Waals surface area contributed by atoms with Crippen LogP contribution in [0.25, 0.3) is 0 Å². The van der Waals surface area contributed by atoms with E-state index in [-0.39, 0.29) is 6.54 Å². The molecule has 0 radical (unpaired) electrons. The van der Waals surface area contributed by atoms with Gasteiger partial charge in [-0.05, 0) is 5.56 Å². The fraction of sp³-hybridized carbons (Fsp3) is 0.222. The highest BCUT2D eigenvalue weighted by atomic mass is 35.5. The minimum absolute atomic E-state index is 0.199. The maximum atomic E-state index is 12.6. The summed E-state index contributed by atoms with van der Waals surface area (Å²) in [6.45, 7) is 0.199. The van der Waals surface area contributed by atoms with Crippen molar-refractivity contribution in [3.8, 4) is 0 Å². The number of rotatable bonds is 3. The van der Waals surface area contributed by atoms with Crippen LogP contribution in [0.1, 0.15) is 5.56 Å². The molecule has 0 spiro atoms. The number of halogens is 3. The molecule has 0 aliphatic carbocycles. The molecule has 0 atom stereocenters. The lowest BCUT2D eigenvalue weighted by molar-refractivity contribution is -0.125. The summed E-state index contributed by atoms with van der Waals surface area (Å²) in [5, 5.41) is 2.26. The number of carbonyl (C=O) groups excluding carboxylic acids is 1. The third-order valence-electron chi connectivity index (χ3n) is 1.55. The molecule has 0 saturated heterocycles. The van der Waals surface area contributed by atoms with Gasteiger partial charge in [-0.2, -0.15) is 4.39 Å². The molecule has 0 aliphatic rings. The highest BCUT2D eigenvalue weighted by molar-refractivity contribution is 6.56. The van der Waals surface area contributed by atoms with Gasteiger partial charge in [0.15, 0.2) is 0 Å². The number of amides is 1. The first kappa shape index (κ1) is 11.3. The largest absolute Gasteiger partial charge is 0.347 e. The second-order valence-electron chi connectivity index (χ2n) is 2.67. The minimum atomic E-state index is -2.87. The molecule has 1 aromatic rings. The van der Waals surface area contributed by atoms with E-state index in [1.807, 2.05) is 18.2 Å². The summed E-state index contributed by atoms with van der Waals surface area (Å²) in [6.07, 6.45) is 0. The van der Waals surface area contributed by atoms with Crippen molar-refractivity contribution in [2.45, 2.75) is 11.1 Å². The van der Waals surface area contributed by atoms with E-state index in [0.29, 0.717) is 0 Å². The number of hydrogen-bond donors (Lipinski definition) is 1. The second kappa shape index (κ2) is 4.62. The van der Waals surface area contributed by atoms with Crippen LogP contribution in [-0.4, -0.2) is 10.5 Å². The van der Waals surface area contributed by atoms with Crippen LogP contribution >= 0.6 is 23.2 Å². The predicted octanol–water partition coefficient (Wildman–Crippen LogP) is 2.40. The fourth-order valence-electron chi connectivity index (χ4n) is 0.878. The topological polar surface area (TPSA) is 29.1 Å². The third kappa shape index (κ3) is 3.52. The van der Waals surface area contributed by atoms with Crippen LogP contribution in [-0.2, 0) is 11.3 Å². The van der Waals surface area contributed by atoms with Gasteiger partial charge in [0.2, 0.25) is 0 Å². The summed E-state index contributed by atoms with van der Waals surface area (Å²) < 4.78 is 9.74. The second-order valence-corrected chi connectivity index (χ2v) is 3.90. The minimum Gasteiger partial charge on any atom is -0.347 e. The van der Waals surface area contributed by atoms with E-state index >= 15 is 0 Å². The Hall–Kier alpha value is -0.800. The molecule has 76 valence electrons. The molecule has 0 bridgehead atoms. The summed E-state index contributed by atoms with van der Waals surface area (Å²) >= 11 is 9.87. The van der Waals surface area contributed by atoms with Crippen molar-refractivity contribution in [2.75, 3.05) is 0 Å². The summed E-state index contributed by atoms with van der Waals surface area (Å²) in [4.78, 5) is 10.9. The maximum absolute atomic E-state index is 12.6. The predicted molar refractivity (Wildman–Crippen MR) is 53.8 cm³/mol. The Labute approximate surface area is 91.0 Å². The zero-order valence-corrected chi connectivity index (χ0v) is 8.65. The molecule has 0 unspecified atom stereocenters. The SMILES string of the molecule is O=C(NCc1ccccc1)C(F)(Cl)Cl. The van der Waals surface area contributed by atoms with Crippen LogP contribution in [0.3, 0.4) is 0 Å². The molecule has 1 N–H and O–H groups in total. The van der Waals surface area contributed by atoms with Gasteiger partial charge in [-0.25, -0.2) is 0 Å². The molecule has 5 heteroatoms. The molecule has 0 aromatic heterocycles. The standard InChI is InChI=1S/C9H8Cl2FNO/c10-9(11,12)8(14)13-6-7-4-2-1-3-5-7/h1-5H,6H2,(H,13,14). The molecule has 1 rings (SSSR count). The summed E-state index contributed by atoms with van der Waals surface area (Å²) in [7, 11) is 0. The molecule has 14 heavy (non-hydrogen) atoms. The first-order valence-corrected chi connectivity index (χ1v) is 4.64. The van der Waals surface area contributed by atoms with Crippen LogP contribution in [0.4, 0.5) is 4.39 Å². The van der Waals surface area contributed by atoms with Crippen molar-refractivity contribution in [1.82, 2.24) is 5.32 Å². The van der Waals surface area contributed by atoms with Crippen LogP contribution in [0.2, 0.25) is 0 Å². The molecular formula is C9H8Cl2FNO. The molecule has 0 aliphatic heterocycles. The lowest BCUT2D eigenvalue weighted by Gasteiger charge is -2.09. The van der Waals surface area contributed by atoms with Crippen LogP contribution in [0, 0.1) is 0 Å². The Kier molecular flexibility index (Phi) is 3.72. The molecule has 0 saturated carbocycles. The van der Waals surface area contributed by atoms with Crippen LogP contribution in [0.15, 0.2) is 30.3 Å². The van der Waals surface area contributed by atoms with E-state index in [1.165, 1.54) is 0 Å². The van der Waals surface area contributed by atoms with Gasteiger partial charge in [0.25, 0.3) is 5.91 Å². The lowest BCUT2D eigenvalue weighted by atomic mass is 10.2. The molecule has 1 amide bonds. The van der Waals surface area contributed by atoms with Crippen molar-refractivity contribution < 1.29 is 9.18 Å². The van der Waals surface area contributed by atoms with E-state index in [0.717, 1.165) is 5.56 Å². The highest BCUT2D eigenvalue weighted by Crippen LogP contribution is 2.22. The quantitative estimate of drug-likeness (QED) is 0.802. The third-order valence-corrected chi connectivity index (χ3v) is 1.90. The van der Waals surface area contributed by atoms with Crippen molar-refractivity contribution >= 4 is 29.1 Å². The number of benzene rings is 1. The van der Waals surface area contributed by atoms with Crippen molar-refractivity contribution in [3.05, 3.63) is 35.9 Å². The molecular weight excluding hydrogens is 228 g/mol. The Balaban J connectivity index is 2.46. The zero-order valence-electron chi connectivity index (χ0n) is 7.14. The Morgan fingerprint density at radius 1 is 1.36 bits per heavy atom. The Bertz CT molecular complexity index is 310. The maximum Gasteiger partial charge on any atom is 0.335 e. The average Bonchev–Trinajstić information content (AvgIpc) is 2.14. The van der Waals surface area contributed by atoms with E-state index in [9.17, 15) is 9.18 Å². The number of hydrogen-bond acceptors (Lipinski definition) is 1. The normalized spacial score (nSPS) is 11.1. The molecule has 2 nitrogen and oxygen atoms in total. The lowest BCUT2D eigenvalue weighted by Crippen LogP contribution is -2.34. The van der Waals surface area contributed by atoms with Crippen LogP contribution < -0.4 is 5.32 Å². The first-order valence-electron chi connectivity index (χ1n) is 3.89. The first-order chi connectivity index (χ1) is 6.50. The van der Waals surface area contributed by atoms with Gasteiger partial charge in [-0.15, -0.1) is 0 Å². The van der Waals surface area contributed by atoms with Gasteiger partial charge in [0, 0.05) is 6.54 Å². The molecule has 0 heterocycles. The van der Waals surface area contributed by atoms with E-state index in [1.54, 1.807) is 12.1 Å². The van der Waals surface area contributed by atoms with E-state index in [4.69, 9.17) is 23.2 Å². The van der Waals surface area contributed by atoms with E-state index in [2.05, 4.69) is 5.32 Å². The zero-order chi connectivity index (χ0) is 10.6. The van der Waals surface area contributed by atoms with Gasteiger partial charge in [-0.1, -0.05) is 53.5 Å². The highest BCUT2D eigenvalue weighted by Gasteiger charge is 2.32. The van der Waals surface area contributed by atoms with Crippen LogP contribution in [0.5, 0.6) is 0 Å². The van der Waals surface area contributed by atoms with Gasteiger partial charge < -0.3 is 5.32 Å². The van der Waals surface area contributed by atoms with Crippen molar-refractivity contribution in [2.24, 2.45) is 0 Å². The fourth-order valence-corrected chi connectivity index (χ4v) is 1.01. The summed E-state index contributed by atoms with van der Waals surface area (Å²) in [6, 6.07) is 9.05. The van der Waals surface area contributed by atoms with Crippen molar-refractivity contribution in [1.29, 1.82) is 0 Å². The van der Waals surface area contributed by atoms with Gasteiger partial charge in [0.1, 0.15) is 0 Å². The smallest absolute Gasteiger partial charge is 0.335 e. The number of alkyl halides is 3. The van der Waals surface area contributed by atoms with Gasteiger partial charge in [0.05, 0.1) is 0 Å². The van der Waals surface area contributed by atoms with E-state index < -0.39 is 10.5 Å². The Morgan fingerprint density at radius 3 is 2.43 bits per heavy atom. The van der Waals surface area contributed by atoms with Gasteiger partial charge >= 0.3 is 4.59 Å². The number of nitrogens with one attached hydrogen (secondary N) is 1.